The summed E-state index contributed by atoms with van der Waals surface area (Å²) in [7, 11) is -1.89. The van der Waals surface area contributed by atoms with Crippen molar-refractivity contribution >= 4 is 14.3 Å². The Bertz CT molecular complexity index is 1010. The largest absolute Gasteiger partial charge is 0.466 e. The lowest BCUT2D eigenvalue weighted by molar-refractivity contribution is -0.192. The van der Waals surface area contributed by atoms with Crippen molar-refractivity contribution in [1.82, 2.24) is 0 Å². The lowest BCUT2D eigenvalue weighted by atomic mass is 9.91. The molecular weight excluding hydrogens is 621 g/mol. The number of fused-ring (bicyclic) bond motifs is 1. The number of allylic oxidation sites excluding steroid dienone is 1. The smallest absolute Gasteiger partial charge is 0.302 e. The second kappa shape index (κ2) is 19.5. The Balaban J connectivity index is 1.52. The first kappa shape index (κ1) is 39.7. The molecule has 1 saturated carbocycles. The van der Waals surface area contributed by atoms with E-state index in [1.807, 2.05) is 0 Å². The van der Waals surface area contributed by atoms with Crippen LogP contribution >= 0.6 is 0 Å². The van der Waals surface area contributed by atoms with Gasteiger partial charge >= 0.3 is 5.97 Å². The van der Waals surface area contributed by atoms with Gasteiger partial charge in [0.1, 0.15) is 0 Å². The van der Waals surface area contributed by atoms with Gasteiger partial charge in [0, 0.05) is 38.6 Å². The molecule has 0 amide bonds. The molecule has 276 valence electrons. The van der Waals surface area contributed by atoms with Crippen molar-refractivity contribution in [2.45, 2.75) is 174 Å². The third-order valence-electron chi connectivity index (χ3n) is 11.7. The van der Waals surface area contributed by atoms with E-state index in [0.717, 1.165) is 84.0 Å². The molecule has 8 heteroatoms. The molecule has 4 rings (SSSR count). The lowest BCUT2D eigenvalue weighted by Crippen LogP contribution is -2.42. The molecule has 2 saturated heterocycles. The maximum Gasteiger partial charge on any atom is 0.302 e. The number of unbranched alkanes of at least 4 members (excludes halogenated alkanes) is 3. The lowest BCUT2D eigenvalue weighted by Gasteiger charge is -2.37. The van der Waals surface area contributed by atoms with Gasteiger partial charge in [-0.05, 0) is 107 Å². The van der Waals surface area contributed by atoms with Crippen molar-refractivity contribution in [1.29, 1.82) is 0 Å². The molecular formula is C40H70O7Si. The Labute approximate surface area is 294 Å². The number of ether oxygens (including phenoxy) is 5. The zero-order valence-electron chi connectivity index (χ0n) is 31.6. The molecule has 0 N–H and O–H groups in total. The molecule has 0 aromatic carbocycles. The molecule has 0 bridgehead atoms. The number of esters is 1. The molecule has 2 aliphatic carbocycles. The highest BCUT2D eigenvalue weighted by atomic mass is 28.4. The van der Waals surface area contributed by atoms with Crippen LogP contribution in [-0.2, 0) is 32.9 Å². The van der Waals surface area contributed by atoms with Crippen molar-refractivity contribution in [3.05, 3.63) is 23.8 Å². The van der Waals surface area contributed by atoms with Crippen molar-refractivity contribution < 1.29 is 32.9 Å². The summed E-state index contributed by atoms with van der Waals surface area (Å²) in [6.45, 7) is 18.3. The van der Waals surface area contributed by atoms with E-state index in [0.29, 0.717) is 30.3 Å². The molecule has 0 radical (unpaired) electrons. The van der Waals surface area contributed by atoms with Gasteiger partial charge in [-0.3, -0.25) is 4.79 Å². The summed E-state index contributed by atoms with van der Waals surface area (Å²) in [5.41, 5.74) is 1.56. The molecule has 48 heavy (non-hydrogen) atoms. The van der Waals surface area contributed by atoms with E-state index >= 15 is 0 Å². The van der Waals surface area contributed by atoms with Gasteiger partial charge in [-0.25, -0.2) is 0 Å². The normalized spacial score (nSPS) is 29.5. The van der Waals surface area contributed by atoms with Crippen LogP contribution in [0.2, 0.25) is 18.1 Å². The fourth-order valence-corrected chi connectivity index (χ4v) is 8.71. The second-order valence-electron chi connectivity index (χ2n) is 16.5. The van der Waals surface area contributed by atoms with Crippen molar-refractivity contribution in [3.8, 4) is 0 Å². The molecule has 0 spiro atoms. The predicted octanol–water partition coefficient (Wildman–Crippen LogP) is 9.90. The monoisotopic (exact) mass is 690 g/mol. The average molecular weight is 691 g/mol. The van der Waals surface area contributed by atoms with E-state index in [4.69, 9.17) is 28.1 Å². The first-order valence-corrected chi connectivity index (χ1v) is 22.6. The number of hydrogen-bond acceptors (Lipinski definition) is 7. The molecule has 8 atom stereocenters. The summed E-state index contributed by atoms with van der Waals surface area (Å²) in [6.07, 6.45) is 23.9. The first-order valence-electron chi connectivity index (χ1n) is 19.7. The highest BCUT2D eigenvalue weighted by Gasteiger charge is 2.47. The minimum absolute atomic E-state index is 0.0677. The summed E-state index contributed by atoms with van der Waals surface area (Å²) >= 11 is 0. The fraction of sp³-hybridized carbons (Fsp3) is 0.875. The standard InChI is InChI=1S/C40H70O7Si/c1-8-9-10-18-34(46-38-19-12-15-24-43-38)21-22-35-36-27-32(26-33(36)28-37(35)47-39-20-13-16-25-44-39)31(17-11-14-23-42-30(2)41)29-45-48(6,7)40(3,4)5/h21-22,27,31,33-39H,8-20,23-26,28-29H2,1-7H3. The van der Waals surface area contributed by atoms with Gasteiger partial charge in [0.2, 0.25) is 0 Å². The van der Waals surface area contributed by atoms with E-state index in [1.54, 1.807) is 5.57 Å². The summed E-state index contributed by atoms with van der Waals surface area (Å²) in [5.74, 6) is 1.51. The SMILES string of the molecule is CCCCCC(C=CC1C(OC2CCCCO2)CC2CC(C(CCCCOC(C)=O)CO[Si](C)(C)C(C)(C)C)=CC21)OC1CCCCO1. The highest BCUT2D eigenvalue weighted by molar-refractivity contribution is 6.74. The van der Waals surface area contributed by atoms with Crippen molar-refractivity contribution in [2.24, 2.45) is 23.7 Å². The Hall–Kier alpha value is -1.03. The molecule has 3 fully saturated rings. The minimum atomic E-state index is -1.89. The Morgan fingerprint density at radius 1 is 1.00 bits per heavy atom. The summed E-state index contributed by atoms with van der Waals surface area (Å²) in [5, 5.41) is 0.174. The van der Waals surface area contributed by atoms with E-state index < -0.39 is 8.32 Å². The van der Waals surface area contributed by atoms with Gasteiger partial charge in [-0.1, -0.05) is 70.8 Å². The predicted molar refractivity (Wildman–Crippen MR) is 195 cm³/mol. The van der Waals surface area contributed by atoms with Gasteiger partial charge in [-0.2, -0.15) is 0 Å². The van der Waals surface area contributed by atoms with Crippen molar-refractivity contribution in [2.75, 3.05) is 26.4 Å². The first-order chi connectivity index (χ1) is 23.0. The molecule has 7 nitrogen and oxygen atoms in total. The molecule has 0 aromatic rings. The third-order valence-corrected chi connectivity index (χ3v) is 16.2. The third kappa shape index (κ3) is 12.3. The van der Waals surface area contributed by atoms with Crippen LogP contribution in [0.5, 0.6) is 0 Å². The van der Waals surface area contributed by atoms with Crippen LogP contribution in [0.3, 0.4) is 0 Å². The van der Waals surface area contributed by atoms with Crippen LogP contribution < -0.4 is 0 Å². The Morgan fingerprint density at radius 3 is 2.35 bits per heavy atom. The molecule has 4 aliphatic rings. The van der Waals surface area contributed by atoms with Crippen LogP contribution in [0.25, 0.3) is 0 Å². The molecule has 2 aliphatic heterocycles. The van der Waals surface area contributed by atoms with Crippen LogP contribution in [0.1, 0.15) is 131 Å². The Kier molecular flexibility index (Phi) is 16.2. The van der Waals surface area contributed by atoms with E-state index in [1.165, 1.54) is 39.0 Å². The van der Waals surface area contributed by atoms with Crippen LogP contribution in [0.15, 0.2) is 23.8 Å². The van der Waals surface area contributed by atoms with Crippen LogP contribution in [0, 0.1) is 23.7 Å². The number of hydrogen-bond donors (Lipinski definition) is 0. The second-order valence-corrected chi connectivity index (χ2v) is 21.3. The van der Waals surface area contributed by atoms with Crippen molar-refractivity contribution in [3.63, 3.8) is 0 Å². The van der Waals surface area contributed by atoms with Crippen LogP contribution in [-0.4, -0.2) is 65.5 Å². The zero-order valence-corrected chi connectivity index (χ0v) is 32.6. The van der Waals surface area contributed by atoms with E-state index in [-0.39, 0.29) is 35.8 Å². The number of rotatable bonds is 19. The zero-order chi connectivity index (χ0) is 34.6. The minimum Gasteiger partial charge on any atom is -0.466 e. The maximum absolute atomic E-state index is 11.3. The van der Waals surface area contributed by atoms with Gasteiger partial charge in [0.15, 0.2) is 20.9 Å². The van der Waals surface area contributed by atoms with Gasteiger partial charge < -0.3 is 28.1 Å². The van der Waals surface area contributed by atoms with Gasteiger partial charge in [0.25, 0.3) is 0 Å². The molecule has 2 heterocycles. The molecule has 8 unspecified atom stereocenters. The van der Waals surface area contributed by atoms with E-state index in [9.17, 15) is 4.79 Å². The van der Waals surface area contributed by atoms with Crippen LogP contribution in [0.4, 0.5) is 0 Å². The number of carbonyl (C=O) groups excluding carboxylic acids is 1. The highest BCUT2D eigenvalue weighted by Crippen LogP contribution is 2.51. The fourth-order valence-electron chi connectivity index (χ4n) is 7.65. The topological polar surface area (TPSA) is 72.5 Å². The van der Waals surface area contributed by atoms with Gasteiger partial charge in [0.05, 0.1) is 18.8 Å². The maximum atomic E-state index is 11.3. The summed E-state index contributed by atoms with van der Waals surface area (Å²) in [4.78, 5) is 11.3. The van der Waals surface area contributed by atoms with Gasteiger partial charge in [-0.15, -0.1) is 0 Å². The quantitative estimate of drug-likeness (QED) is 0.0578. The average Bonchev–Trinajstić information content (AvgIpc) is 3.59. The number of carbonyl (C=O) groups is 1. The summed E-state index contributed by atoms with van der Waals surface area (Å²) < 4.78 is 37.6. The van der Waals surface area contributed by atoms with E-state index in [2.05, 4.69) is 59.0 Å². The Morgan fingerprint density at radius 2 is 1.71 bits per heavy atom. The molecule has 0 aromatic heterocycles. The summed E-state index contributed by atoms with van der Waals surface area (Å²) in [6, 6.07) is 0.